The van der Waals surface area contributed by atoms with Crippen molar-refractivity contribution in [2.24, 2.45) is 0 Å². The van der Waals surface area contributed by atoms with Gasteiger partial charge in [0.25, 0.3) is 0 Å². The molecule has 0 atom stereocenters. The molecule has 4 heteroatoms. The molecule has 0 aliphatic carbocycles. The van der Waals surface area contributed by atoms with E-state index in [0.29, 0.717) is 5.56 Å². The second kappa shape index (κ2) is 5.93. The summed E-state index contributed by atoms with van der Waals surface area (Å²) >= 11 is 0. The lowest BCUT2D eigenvalue weighted by Gasteiger charge is -2.03. The first kappa shape index (κ1) is 13.7. The third-order valence-corrected chi connectivity index (χ3v) is 2.71. The largest absolute Gasteiger partial charge is 0.504 e. The summed E-state index contributed by atoms with van der Waals surface area (Å²) in [4.78, 5) is 11.7. The Bertz CT molecular complexity index is 663. The van der Waals surface area contributed by atoms with Gasteiger partial charge in [0.05, 0.1) is 0 Å². The minimum absolute atomic E-state index is 0.189. The number of phenols is 2. The molecule has 102 valence electrons. The Hall–Kier alpha value is -2.75. The van der Waals surface area contributed by atoms with Crippen molar-refractivity contribution in [1.82, 2.24) is 0 Å². The van der Waals surface area contributed by atoms with Gasteiger partial charge in [-0.15, -0.1) is 0 Å². The molecule has 0 heterocycles. The number of nitrogens with one attached hydrogen (secondary N) is 1. The highest BCUT2D eigenvalue weighted by Crippen LogP contribution is 2.25. The fraction of sp³-hybridized carbons (Fsp3) is 0.0625. The molecule has 0 unspecified atom stereocenters. The molecule has 20 heavy (non-hydrogen) atoms. The molecule has 0 saturated carbocycles. The zero-order chi connectivity index (χ0) is 14.5. The lowest BCUT2D eigenvalue weighted by Crippen LogP contribution is -2.07. The number of anilines is 1. The Kier molecular flexibility index (Phi) is 4.05. The van der Waals surface area contributed by atoms with Crippen LogP contribution in [-0.4, -0.2) is 16.1 Å². The summed E-state index contributed by atoms with van der Waals surface area (Å²) in [5.41, 5.74) is 2.42. The first-order valence-electron chi connectivity index (χ1n) is 6.12. The van der Waals surface area contributed by atoms with Crippen molar-refractivity contribution in [2.75, 3.05) is 5.32 Å². The summed E-state index contributed by atoms with van der Waals surface area (Å²) < 4.78 is 0. The Labute approximate surface area is 117 Å². The van der Waals surface area contributed by atoms with Crippen LogP contribution >= 0.6 is 0 Å². The van der Waals surface area contributed by atoms with Gasteiger partial charge in [0, 0.05) is 11.8 Å². The Balaban J connectivity index is 2.03. The number of benzene rings is 2. The van der Waals surface area contributed by atoms with Crippen molar-refractivity contribution in [1.29, 1.82) is 0 Å². The van der Waals surface area contributed by atoms with Crippen LogP contribution in [0.3, 0.4) is 0 Å². The van der Waals surface area contributed by atoms with Gasteiger partial charge in [0.15, 0.2) is 11.5 Å². The van der Waals surface area contributed by atoms with Crippen LogP contribution in [0, 0.1) is 6.92 Å². The van der Waals surface area contributed by atoms with E-state index in [0.717, 1.165) is 11.3 Å². The lowest BCUT2D eigenvalue weighted by atomic mass is 10.2. The minimum atomic E-state index is -0.261. The molecule has 0 aliphatic rings. The van der Waals surface area contributed by atoms with Gasteiger partial charge in [-0.2, -0.15) is 0 Å². The summed E-state index contributed by atoms with van der Waals surface area (Å²) in [5, 5.41) is 21.3. The monoisotopic (exact) mass is 269 g/mol. The van der Waals surface area contributed by atoms with Gasteiger partial charge in [0.1, 0.15) is 0 Å². The number of phenolic OH excluding ortho intramolecular Hbond substituents is 2. The minimum Gasteiger partial charge on any atom is -0.504 e. The van der Waals surface area contributed by atoms with Crippen molar-refractivity contribution in [3.63, 3.8) is 0 Å². The maximum absolute atomic E-state index is 11.7. The molecule has 0 bridgehead atoms. The number of aromatic hydroxyl groups is 2. The number of hydrogen-bond donors (Lipinski definition) is 3. The lowest BCUT2D eigenvalue weighted by molar-refractivity contribution is -0.111. The summed E-state index contributed by atoms with van der Waals surface area (Å²) in [5.74, 6) is -0.666. The first-order chi connectivity index (χ1) is 9.54. The first-order valence-corrected chi connectivity index (χ1v) is 6.12. The number of amides is 1. The van der Waals surface area contributed by atoms with Gasteiger partial charge in [-0.3, -0.25) is 4.79 Å². The quantitative estimate of drug-likeness (QED) is 0.592. The van der Waals surface area contributed by atoms with E-state index in [1.165, 1.54) is 18.2 Å². The highest BCUT2D eigenvalue weighted by molar-refractivity contribution is 6.01. The summed E-state index contributed by atoms with van der Waals surface area (Å²) in [6.07, 6.45) is 2.93. The van der Waals surface area contributed by atoms with Crippen LogP contribution in [-0.2, 0) is 4.79 Å². The van der Waals surface area contributed by atoms with Crippen LogP contribution in [0.25, 0.3) is 6.08 Å². The van der Waals surface area contributed by atoms with E-state index in [2.05, 4.69) is 5.32 Å². The van der Waals surface area contributed by atoms with Crippen molar-refractivity contribution < 1.29 is 15.0 Å². The molecule has 3 N–H and O–H groups in total. The SMILES string of the molecule is Cc1cccc(NC(=O)/C=C/c2ccc(O)c(O)c2)c1. The van der Waals surface area contributed by atoms with Gasteiger partial charge < -0.3 is 15.5 Å². The van der Waals surface area contributed by atoms with Crippen molar-refractivity contribution in [3.05, 3.63) is 59.7 Å². The molecule has 0 spiro atoms. The smallest absolute Gasteiger partial charge is 0.248 e. The van der Waals surface area contributed by atoms with Gasteiger partial charge >= 0.3 is 0 Å². The molecule has 4 nitrogen and oxygen atoms in total. The normalized spacial score (nSPS) is 10.7. The van der Waals surface area contributed by atoms with Crippen molar-refractivity contribution in [2.45, 2.75) is 6.92 Å². The average molecular weight is 269 g/mol. The van der Waals surface area contributed by atoms with Crippen molar-refractivity contribution >= 4 is 17.7 Å². The molecule has 0 saturated heterocycles. The van der Waals surface area contributed by atoms with Gasteiger partial charge in [0.2, 0.25) is 5.91 Å². The molecule has 2 aromatic rings. The molecular formula is C16H15NO3. The number of aryl methyl sites for hydroxylation is 1. The predicted molar refractivity (Wildman–Crippen MR) is 78.6 cm³/mol. The van der Waals surface area contributed by atoms with Crippen LogP contribution in [0.1, 0.15) is 11.1 Å². The van der Waals surface area contributed by atoms with Crippen LogP contribution in [0.2, 0.25) is 0 Å². The third-order valence-electron chi connectivity index (χ3n) is 2.71. The second-order valence-corrected chi connectivity index (χ2v) is 4.44. The fourth-order valence-corrected chi connectivity index (χ4v) is 1.72. The second-order valence-electron chi connectivity index (χ2n) is 4.44. The van der Waals surface area contributed by atoms with Crippen LogP contribution in [0.4, 0.5) is 5.69 Å². The standard InChI is InChI=1S/C16H15NO3/c1-11-3-2-4-13(9-11)17-16(20)8-6-12-5-7-14(18)15(19)10-12/h2-10,18-19H,1H3,(H,17,20)/b8-6+. The predicted octanol–water partition coefficient (Wildman–Crippen LogP) is 3.06. The number of rotatable bonds is 3. The Morgan fingerprint density at radius 2 is 1.90 bits per heavy atom. The molecule has 0 aliphatic heterocycles. The Morgan fingerprint density at radius 1 is 1.10 bits per heavy atom. The topological polar surface area (TPSA) is 69.6 Å². The summed E-state index contributed by atoms with van der Waals surface area (Å²) in [7, 11) is 0. The van der Waals surface area contributed by atoms with E-state index >= 15 is 0 Å². The molecule has 2 aromatic carbocycles. The van der Waals surface area contributed by atoms with Gasteiger partial charge in [-0.25, -0.2) is 0 Å². The van der Waals surface area contributed by atoms with Gasteiger partial charge in [-0.05, 0) is 48.4 Å². The molecule has 0 aromatic heterocycles. The third kappa shape index (κ3) is 3.62. The van der Waals surface area contributed by atoms with E-state index in [-0.39, 0.29) is 17.4 Å². The maximum Gasteiger partial charge on any atom is 0.248 e. The zero-order valence-corrected chi connectivity index (χ0v) is 11.0. The number of carbonyl (C=O) groups is 1. The highest BCUT2D eigenvalue weighted by atomic mass is 16.3. The van der Waals surface area contributed by atoms with Crippen LogP contribution in [0.5, 0.6) is 11.5 Å². The Morgan fingerprint density at radius 3 is 2.60 bits per heavy atom. The molecule has 1 amide bonds. The van der Waals surface area contributed by atoms with E-state index in [1.54, 1.807) is 12.1 Å². The zero-order valence-electron chi connectivity index (χ0n) is 11.0. The molecule has 0 fully saturated rings. The average Bonchev–Trinajstić information content (AvgIpc) is 2.40. The van der Waals surface area contributed by atoms with Crippen molar-refractivity contribution in [3.8, 4) is 11.5 Å². The van der Waals surface area contributed by atoms with E-state index in [1.807, 2.05) is 31.2 Å². The fourth-order valence-electron chi connectivity index (χ4n) is 1.72. The number of hydrogen-bond acceptors (Lipinski definition) is 3. The number of carbonyl (C=O) groups excluding carboxylic acids is 1. The van der Waals surface area contributed by atoms with E-state index < -0.39 is 0 Å². The van der Waals surface area contributed by atoms with E-state index in [9.17, 15) is 15.0 Å². The molecular weight excluding hydrogens is 254 g/mol. The molecule has 2 rings (SSSR count). The van der Waals surface area contributed by atoms with E-state index in [4.69, 9.17) is 0 Å². The van der Waals surface area contributed by atoms with Crippen LogP contribution < -0.4 is 5.32 Å². The van der Waals surface area contributed by atoms with Crippen LogP contribution in [0.15, 0.2) is 48.5 Å². The summed E-state index contributed by atoms with van der Waals surface area (Å²) in [6.45, 7) is 1.95. The highest BCUT2D eigenvalue weighted by Gasteiger charge is 2.00. The molecule has 0 radical (unpaired) electrons. The summed E-state index contributed by atoms with van der Waals surface area (Å²) in [6, 6.07) is 11.9. The maximum atomic E-state index is 11.7. The van der Waals surface area contributed by atoms with Gasteiger partial charge in [-0.1, -0.05) is 18.2 Å².